The molecule has 5 N–H and O–H groups in total. The van der Waals surface area contributed by atoms with E-state index < -0.39 is 35.9 Å². The molecule has 0 aliphatic heterocycles. The zero-order chi connectivity index (χ0) is 16.1. The van der Waals surface area contributed by atoms with Crippen molar-refractivity contribution in [1.82, 2.24) is 19.5 Å². The normalized spacial score (nSPS) is 31.7. The smallest absolute Gasteiger partial charge is 0.280 e. The zero-order valence-electron chi connectivity index (χ0n) is 11.6. The Morgan fingerprint density at radius 3 is 3.00 bits per heavy atom. The maximum absolute atomic E-state index is 14.5. The molecule has 118 valence electrons. The van der Waals surface area contributed by atoms with Gasteiger partial charge in [-0.3, -0.25) is 9.78 Å². The van der Waals surface area contributed by atoms with Crippen LogP contribution in [-0.4, -0.2) is 48.6 Å². The number of aliphatic hydroxyl groups excluding tert-OH is 2. The third kappa shape index (κ3) is 1.86. The van der Waals surface area contributed by atoms with Gasteiger partial charge in [0, 0.05) is 5.41 Å². The number of nitrogen functional groups attached to an aromatic ring is 1. The summed E-state index contributed by atoms with van der Waals surface area (Å²) in [6, 6.07) is -0.834. The Kier molecular flexibility index (Phi) is 3.26. The molecule has 2 aromatic heterocycles. The molecule has 1 aliphatic rings. The minimum absolute atomic E-state index is 0.0380. The third-order valence-corrected chi connectivity index (χ3v) is 4.36. The Labute approximate surface area is 124 Å². The summed E-state index contributed by atoms with van der Waals surface area (Å²) in [7, 11) is 0. The molecule has 1 fully saturated rings. The van der Waals surface area contributed by atoms with Crippen molar-refractivity contribution in [3.63, 3.8) is 0 Å². The Balaban J connectivity index is 2.13. The van der Waals surface area contributed by atoms with Crippen molar-refractivity contribution in [2.24, 2.45) is 5.41 Å². The lowest BCUT2D eigenvalue weighted by atomic mass is 9.85. The first-order valence-electron chi connectivity index (χ1n) is 6.72. The molecule has 2 aromatic rings. The van der Waals surface area contributed by atoms with E-state index in [-0.39, 0.29) is 23.5 Å². The number of nitrogens with two attached hydrogens (primary N) is 1. The number of nitrogens with zero attached hydrogens (tertiary/aromatic N) is 3. The first-order valence-corrected chi connectivity index (χ1v) is 6.72. The topological polar surface area (TPSA) is 130 Å². The SMILES string of the molecule is C=C[C@]1(CO)C[C@@H](n2cnc3c(=O)[nH]c(N)nc32)C(F)[C@@H]1O. The number of imidazole rings is 1. The Bertz CT molecular complexity index is 788. The molecule has 3 rings (SSSR count). The van der Waals surface area contributed by atoms with Crippen LogP contribution in [0.2, 0.25) is 0 Å². The fraction of sp³-hybridized carbons (Fsp3) is 0.462. The number of aromatic nitrogens is 4. The predicted molar refractivity (Wildman–Crippen MR) is 76.8 cm³/mol. The minimum atomic E-state index is -1.66. The summed E-state index contributed by atoms with van der Waals surface area (Å²) in [5.41, 5.74) is 4.02. The molecule has 0 saturated heterocycles. The number of aliphatic hydroxyl groups is 2. The van der Waals surface area contributed by atoms with E-state index in [0.717, 1.165) is 0 Å². The van der Waals surface area contributed by atoms with Gasteiger partial charge >= 0.3 is 0 Å². The van der Waals surface area contributed by atoms with Gasteiger partial charge < -0.3 is 20.5 Å². The maximum Gasteiger partial charge on any atom is 0.280 e. The Morgan fingerprint density at radius 1 is 1.68 bits per heavy atom. The highest BCUT2D eigenvalue weighted by Gasteiger charge is 2.52. The van der Waals surface area contributed by atoms with Crippen molar-refractivity contribution in [3.8, 4) is 0 Å². The maximum atomic E-state index is 14.5. The standard InChI is InChI=1S/C13H16FN5O3/c1-2-13(4-20)3-6(7(14)9(13)21)19-5-16-8-10(19)17-12(15)18-11(8)22/h2,5-7,9,20-21H,1,3-4H2,(H3,15,17,18,22)/t6-,7?,9+,13-/m1/s1. The summed E-state index contributed by atoms with van der Waals surface area (Å²) >= 11 is 0. The van der Waals surface area contributed by atoms with Gasteiger partial charge in [-0.1, -0.05) is 6.08 Å². The lowest BCUT2D eigenvalue weighted by molar-refractivity contribution is 0.00416. The summed E-state index contributed by atoms with van der Waals surface area (Å²) in [6.45, 7) is 3.14. The van der Waals surface area contributed by atoms with Gasteiger partial charge in [0.15, 0.2) is 11.2 Å². The van der Waals surface area contributed by atoms with Gasteiger partial charge in [-0.15, -0.1) is 6.58 Å². The highest BCUT2D eigenvalue weighted by Crippen LogP contribution is 2.47. The number of rotatable bonds is 3. The van der Waals surface area contributed by atoms with Crippen molar-refractivity contribution < 1.29 is 14.6 Å². The van der Waals surface area contributed by atoms with Crippen LogP contribution >= 0.6 is 0 Å². The van der Waals surface area contributed by atoms with Crippen LogP contribution in [0.15, 0.2) is 23.8 Å². The van der Waals surface area contributed by atoms with Crippen LogP contribution in [0.3, 0.4) is 0 Å². The van der Waals surface area contributed by atoms with Crippen molar-refractivity contribution >= 4 is 17.1 Å². The molecular weight excluding hydrogens is 293 g/mol. The van der Waals surface area contributed by atoms with E-state index >= 15 is 0 Å². The van der Waals surface area contributed by atoms with Crippen LogP contribution in [-0.2, 0) is 0 Å². The second-order valence-corrected chi connectivity index (χ2v) is 5.53. The van der Waals surface area contributed by atoms with E-state index in [9.17, 15) is 19.4 Å². The number of halogens is 1. The number of hydrogen-bond acceptors (Lipinski definition) is 6. The summed E-state index contributed by atoms with van der Waals surface area (Å²) in [6.07, 6.45) is -0.318. The van der Waals surface area contributed by atoms with Crippen LogP contribution in [0.25, 0.3) is 11.2 Å². The molecule has 1 saturated carbocycles. The van der Waals surface area contributed by atoms with E-state index in [0.29, 0.717) is 0 Å². The first-order chi connectivity index (χ1) is 10.4. The lowest BCUT2D eigenvalue weighted by Crippen LogP contribution is -2.35. The number of aromatic amines is 1. The van der Waals surface area contributed by atoms with Gasteiger partial charge in [-0.05, 0) is 6.42 Å². The van der Waals surface area contributed by atoms with Gasteiger partial charge in [-0.25, -0.2) is 9.37 Å². The van der Waals surface area contributed by atoms with Gasteiger partial charge in [0.1, 0.15) is 6.17 Å². The van der Waals surface area contributed by atoms with Gasteiger partial charge in [0.05, 0.1) is 25.1 Å². The fourth-order valence-corrected chi connectivity index (χ4v) is 3.01. The number of nitrogens with one attached hydrogen (secondary N) is 1. The summed E-state index contributed by atoms with van der Waals surface area (Å²) < 4.78 is 15.9. The molecule has 8 nitrogen and oxygen atoms in total. The number of anilines is 1. The van der Waals surface area contributed by atoms with Crippen molar-refractivity contribution in [3.05, 3.63) is 29.3 Å². The van der Waals surface area contributed by atoms with Crippen LogP contribution in [0, 0.1) is 5.41 Å². The molecule has 1 aliphatic carbocycles. The van der Waals surface area contributed by atoms with Crippen LogP contribution < -0.4 is 11.3 Å². The Morgan fingerprint density at radius 2 is 2.41 bits per heavy atom. The summed E-state index contributed by atoms with van der Waals surface area (Å²) in [4.78, 5) is 22.0. The van der Waals surface area contributed by atoms with Crippen LogP contribution in [0.1, 0.15) is 12.5 Å². The molecule has 0 aromatic carbocycles. The molecule has 0 radical (unpaired) electrons. The number of alkyl halides is 1. The number of fused-ring (bicyclic) bond motifs is 1. The molecule has 22 heavy (non-hydrogen) atoms. The van der Waals surface area contributed by atoms with E-state index in [1.165, 1.54) is 17.0 Å². The van der Waals surface area contributed by atoms with Crippen LogP contribution in [0.5, 0.6) is 0 Å². The van der Waals surface area contributed by atoms with Gasteiger partial charge in [0.2, 0.25) is 5.95 Å². The largest absolute Gasteiger partial charge is 0.395 e. The van der Waals surface area contributed by atoms with E-state index in [2.05, 4.69) is 21.5 Å². The lowest BCUT2D eigenvalue weighted by Gasteiger charge is -2.26. The summed E-state index contributed by atoms with van der Waals surface area (Å²) in [5.74, 6) is -0.106. The van der Waals surface area contributed by atoms with E-state index in [1.807, 2.05) is 0 Å². The minimum Gasteiger partial charge on any atom is -0.395 e. The third-order valence-electron chi connectivity index (χ3n) is 4.36. The molecule has 0 spiro atoms. The van der Waals surface area contributed by atoms with E-state index in [4.69, 9.17) is 5.73 Å². The number of H-pyrrole nitrogens is 1. The Hall–Kier alpha value is -2.26. The van der Waals surface area contributed by atoms with Crippen molar-refractivity contribution in [2.75, 3.05) is 12.3 Å². The van der Waals surface area contributed by atoms with Gasteiger partial charge in [0.25, 0.3) is 5.56 Å². The quantitative estimate of drug-likeness (QED) is 0.566. The highest BCUT2D eigenvalue weighted by molar-refractivity contribution is 5.70. The number of hydrogen-bond donors (Lipinski definition) is 4. The van der Waals surface area contributed by atoms with Crippen LogP contribution in [0.4, 0.5) is 10.3 Å². The monoisotopic (exact) mass is 309 g/mol. The molecule has 9 heteroatoms. The van der Waals surface area contributed by atoms with E-state index in [1.54, 1.807) is 0 Å². The average molecular weight is 309 g/mol. The van der Waals surface area contributed by atoms with Crippen molar-refractivity contribution in [2.45, 2.75) is 24.7 Å². The van der Waals surface area contributed by atoms with Gasteiger partial charge in [-0.2, -0.15) is 4.98 Å². The summed E-state index contributed by atoms with van der Waals surface area (Å²) in [5, 5.41) is 19.6. The molecule has 2 heterocycles. The highest BCUT2D eigenvalue weighted by atomic mass is 19.1. The fourth-order valence-electron chi connectivity index (χ4n) is 3.01. The molecule has 0 bridgehead atoms. The zero-order valence-corrected chi connectivity index (χ0v) is 11.6. The molecular formula is C13H16FN5O3. The first kappa shape index (κ1) is 14.7. The molecule has 1 unspecified atom stereocenters. The predicted octanol–water partition coefficient (Wildman–Crippen LogP) is -0.490. The second-order valence-electron chi connectivity index (χ2n) is 5.53. The average Bonchev–Trinajstić information content (AvgIpc) is 3.01. The molecule has 0 amide bonds. The van der Waals surface area contributed by atoms with Crippen molar-refractivity contribution in [1.29, 1.82) is 0 Å². The second kappa shape index (κ2) is 4.89. The molecule has 4 atom stereocenters.